The molecule has 2 unspecified atom stereocenters. The number of hydrogen-bond donors (Lipinski definition) is 2. The number of nitrogens with one attached hydrogen (secondary N) is 2. The van der Waals surface area contributed by atoms with E-state index >= 15 is 0 Å². The highest BCUT2D eigenvalue weighted by atomic mass is 16.6. The van der Waals surface area contributed by atoms with Crippen LogP contribution in [0.25, 0.3) is 0 Å². The molecule has 0 aromatic heterocycles. The summed E-state index contributed by atoms with van der Waals surface area (Å²) in [6, 6.07) is 14.5. The van der Waals surface area contributed by atoms with Crippen LogP contribution in [0, 0.1) is 18.3 Å². The maximum Gasteiger partial charge on any atom is 0.408 e. The summed E-state index contributed by atoms with van der Waals surface area (Å²) in [4.78, 5) is 41.4. The minimum atomic E-state index is -0.984. The van der Waals surface area contributed by atoms with E-state index in [1.165, 1.54) is 4.90 Å². The molecule has 0 radical (unpaired) electrons. The fraction of sp³-hybridized carbons (Fsp3) is 0.367. The van der Waals surface area contributed by atoms with E-state index in [0.29, 0.717) is 17.7 Å². The number of carbonyl (C=O) groups excluding carboxylic acids is 3. The van der Waals surface area contributed by atoms with Gasteiger partial charge in [-0.05, 0) is 49.9 Å². The molecule has 0 heterocycles. The van der Waals surface area contributed by atoms with Crippen LogP contribution < -0.4 is 10.6 Å². The van der Waals surface area contributed by atoms with Crippen molar-refractivity contribution >= 4 is 17.9 Å². The Hall–Kier alpha value is -4.05. The molecule has 0 aliphatic heterocycles. The van der Waals surface area contributed by atoms with Gasteiger partial charge in [-0.25, -0.2) is 4.79 Å². The number of nitrogens with zero attached hydrogens (tertiary/aromatic N) is 1. The molecule has 0 saturated heterocycles. The fourth-order valence-corrected chi connectivity index (χ4v) is 3.70. The molecule has 2 aromatic carbocycles. The number of ether oxygens (including phenoxy) is 1. The lowest BCUT2D eigenvalue weighted by Crippen LogP contribution is -2.54. The highest BCUT2D eigenvalue weighted by Crippen LogP contribution is 2.24. The summed E-state index contributed by atoms with van der Waals surface area (Å²) in [6.45, 7) is 13.0. The number of terminal acetylenes is 1. The summed E-state index contributed by atoms with van der Waals surface area (Å²) in [5.74, 6) is 1.49. The number of carbonyl (C=O) groups is 3. The smallest absolute Gasteiger partial charge is 0.408 e. The van der Waals surface area contributed by atoms with Crippen molar-refractivity contribution in [1.82, 2.24) is 15.5 Å². The molecule has 0 saturated carbocycles. The van der Waals surface area contributed by atoms with E-state index in [0.717, 1.165) is 5.56 Å². The molecule has 7 heteroatoms. The van der Waals surface area contributed by atoms with Crippen LogP contribution in [0.3, 0.4) is 0 Å². The Labute approximate surface area is 220 Å². The van der Waals surface area contributed by atoms with Crippen LogP contribution in [0.4, 0.5) is 4.79 Å². The Balaban J connectivity index is 2.43. The van der Waals surface area contributed by atoms with E-state index in [-0.39, 0.29) is 18.4 Å². The van der Waals surface area contributed by atoms with Gasteiger partial charge < -0.3 is 20.3 Å². The number of benzene rings is 2. The highest BCUT2D eigenvalue weighted by Gasteiger charge is 2.37. The topological polar surface area (TPSA) is 87.7 Å². The molecule has 0 fully saturated rings. The van der Waals surface area contributed by atoms with Crippen LogP contribution in [0.2, 0.25) is 0 Å². The normalized spacial score (nSPS) is 12.6. The third-order valence-electron chi connectivity index (χ3n) is 5.48. The Morgan fingerprint density at radius 1 is 1.08 bits per heavy atom. The summed E-state index contributed by atoms with van der Waals surface area (Å²) in [5.41, 5.74) is 1.43. The summed E-state index contributed by atoms with van der Waals surface area (Å²) >= 11 is 0. The average Bonchev–Trinajstić information content (AvgIpc) is 2.85. The second kappa shape index (κ2) is 13.3. The predicted octanol–water partition coefficient (Wildman–Crippen LogP) is 4.59. The fourth-order valence-electron chi connectivity index (χ4n) is 3.70. The monoisotopic (exact) mass is 503 g/mol. The van der Waals surface area contributed by atoms with Gasteiger partial charge in [0.2, 0.25) is 11.8 Å². The molecule has 196 valence electrons. The maximum absolute atomic E-state index is 13.9. The van der Waals surface area contributed by atoms with Crippen molar-refractivity contribution in [3.05, 3.63) is 83.9 Å². The largest absolute Gasteiger partial charge is 0.444 e. The number of rotatable bonds is 10. The quantitative estimate of drug-likeness (QED) is 0.367. The first-order valence-electron chi connectivity index (χ1n) is 12.3. The van der Waals surface area contributed by atoms with Gasteiger partial charge in [0.05, 0.1) is 0 Å². The molecule has 0 aliphatic rings. The van der Waals surface area contributed by atoms with Crippen LogP contribution in [0.5, 0.6) is 0 Å². The van der Waals surface area contributed by atoms with Gasteiger partial charge in [-0.1, -0.05) is 68.3 Å². The molecular weight excluding hydrogens is 466 g/mol. The van der Waals surface area contributed by atoms with Crippen molar-refractivity contribution in [3.63, 3.8) is 0 Å². The molecule has 3 amide bonds. The van der Waals surface area contributed by atoms with Gasteiger partial charge in [-0.15, -0.1) is 13.0 Å². The summed E-state index contributed by atoms with van der Waals surface area (Å²) < 4.78 is 5.37. The first-order valence-corrected chi connectivity index (χ1v) is 12.3. The van der Waals surface area contributed by atoms with E-state index in [4.69, 9.17) is 11.2 Å². The van der Waals surface area contributed by atoms with Crippen molar-refractivity contribution in [1.29, 1.82) is 0 Å². The molecule has 0 aliphatic carbocycles. The summed E-state index contributed by atoms with van der Waals surface area (Å²) in [7, 11) is 0. The van der Waals surface area contributed by atoms with Crippen molar-refractivity contribution in [3.8, 4) is 12.3 Å². The molecule has 2 aromatic rings. The Kier molecular flexibility index (Phi) is 10.5. The zero-order valence-corrected chi connectivity index (χ0v) is 22.3. The van der Waals surface area contributed by atoms with Gasteiger partial charge in [0, 0.05) is 18.7 Å². The highest BCUT2D eigenvalue weighted by molar-refractivity contribution is 5.92. The molecule has 2 rings (SSSR count). The van der Waals surface area contributed by atoms with Crippen molar-refractivity contribution < 1.29 is 19.1 Å². The number of amides is 3. The lowest BCUT2D eigenvalue weighted by Gasteiger charge is -2.35. The lowest BCUT2D eigenvalue weighted by molar-refractivity contribution is -0.142. The number of hydrogen-bond acceptors (Lipinski definition) is 4. The molecular formula is C30H37N3O4. The first kappa shape index (κ1) is 29.2. The van der Waals surface area contributed by atoms with Crippen LogP contribution in [0.1, 0.15) is 57.4 Å². The van der Waals surface area contributed by atoms with Gasteiger partial charge in [0.1, 0.15) is 17.7 Å². The second-order valence-electron chi connectivity index (χ2n) is 10.0. The zero-order valence-electron chi connectivity index (χ0n) is 22.3. The van der Waals surface area contributed by atoms with E-state index in [1.54, 1.807) is 51.1 Å². The van der Waals surface area contributed by atoms with Crippen molar-refractivity contribution in [2.24, 2.45) is 5.92 Å². The third-order valence-corrected chi connectivity index (χ3v) is 5.48. The Morgan fingerprint density at radius 2 is 1.70 bits per heavy atom. The average molecular weight is 504 g/mol. The standard InChI is InChI=1S/C30H37N3O4/c1-8-19-33(28(35)25(21(3)4)32-29(36)37-30(5,6)7)26(24-17-15-22(9-2)16-18-24)27(34)31-20-23-13-11-10-12-14-23/h2,8,10-18,21,25-26H,1,19-20H2,3-7H3,(H,31,34)(H,32,36). The lowest BCUT2D eigenvalue weighted by atomic mass is 9.98. The molecule has 2 N–H and O–H groups in total. The van der Waals surface area contributed by atoms with E-state index in [9.17, 15) is 14.4 Å². The molecule has 7 nitrogen and oxygen atoms in total. The van der Waals surface area contributed by atoms with E-state index in [1.807, 2.05) is 44.2 Å². The minimum absolute atomic E-state index is 0.0817. The van der Waals surface area contributed by atoms with Gasteiger partial charge >= 0.3 is 6.09 Å². The van der Waals surface area contributed by atoms with Gasteiger partial charge in [-0.3, -0.25) is 9.59 Å². The van der Waals surface area contributed by atoms with Crippen LogP contribution in [0.15, 0.2) is 67.3 Å². The summed E-state index contributed by atoms with van der Waals surface area (Å²) in [5, 5.41) is 5.63. The van der Waals surface area contributed by atoms with Crippen LogP contribution >= 0.6 is 0 Å². The summed E-state index contributed by atoms with van der Waals surface area (Å²) in [6.07, 6.45) is 6.35. The molecule has 2 atom stereocenters. The first-order chi connectivity index (χ1) is 17.5. The van der Waals surface area contributed by atoms with Crippen molar-refractivity contribution in [2.75, 3.05) is 6.54 Å². The van der Waals surface area contributed by atoms with Crippen LogP contribution in [-0.2, 0) is 20.9 Å². The third kappa shape index (κ3) is 8.84. The zero-order chi connectivity index (χ0) is 27.6. The van der Waals surface area contributed by atoms with Gasteiger partial charge in [-0.2, -0.15) is 0 Å². The second-order valence-corrected chi connectivity index (χ2v) is 10.0. The van der Waals surface area contributed by atoms with E-state index < -0.39 is 29.7 Å². The predicted molar refractivity (Wildman–Crippen MR) is 145 cm³/mol. The van der Waals surface area contributed by atoms with E-state index in [2.05, 4.69) is 23.1 Å². The Morgan fingerprint density at radius 3 is 2.22 bits per heavy atom. The molecule has 37 heavy (non-hydrogen) atoms. The number of alkyl carbamates (subject to hydrolysis) is 1. The minimum Gasteiger partial charge on any atom is -0.444 e. The maximum atomic E-state index is 13.9. The van der Waals surface area contributed by atoms with Gasteiger partial charge in [0.25, 0.3) is 0 Å². The Bertz CT molecular complexity index is 1110. The van der Waals surface area contributed by atoms with Crippen LogP contribution in [-0.4, -0.2) is 41.0 Å². The van der Waals surface area contributed by atoms with Crippen molar-refractivity contribution in [2.45, 2.75) is 58.8 Å². The van der Waals surface area contributed by atoms with Gasteiger partial charge in [0.15, 0.2) is 0 Å². The SMILES string of the molecule is C#Cc1ccc(C(C(=O)NCc2ccccc2)N(CC=C)C(=O)C(NC(=O)OC(C)(C)C)C(C)C)cc1. The molecule has 0 spiro atoms. The molecule has 0 bridgehead atoms.